The average Bonchev–Trinajstić information content (AvgIpc) is 2.47. The summed E-state index contributed by atoms with van der Waals surface area (Å²) in [4.78, 5) is 4.54. The van der Waals surface area contributed by atoms with Crippen LogP contribution in [-0.2, 0) is 6.54 Å². The fraction of sp³-hybridized carbons (Fsp3) is 0.0625. The van der Waals surface area contributed by atoms with E-state index in [4.69, 9.17) is 10.5 Å². The summed E-state index contributed by atoms with van der Waals surface area (Å²) in [5.41, 5.74) is 7.59. The van der Waals surface area contributed by atoms with Crippen LogP contribution in [0.2, 0.25) is 0 Å². The van der Waals surface area contributed by atoms with Gasteiger partial charge in [-0.2, -0.15) is 0 Å². The second-order valence-electron chi connectivity index (χ2n) is 4.26. The number of benzene rings is 2. The Morgan fingerprint density at radius 2 is 1.68 bits per heavy atom. The molecule has 19 heavy (non-hydrogen) atoms. The summed E-state index contributed by atoms with van der Waals surface area (Å²) in [7, 11) is 0. The highest BCUT2D eigenvalue weighted by molar-refractivity contribution is 5.80. The molecule has 0 bridgehead atoms. The van der Waals surface area contributed by atoms with Crippen molar-refractivity contribution < 1.29 is 4.74 Å². The lowest BCUT2D eigenvalue weighted by molar-refractivity contribution is 0.458. The third-order valence-electron chi connectivity index (χ3n) is 2.94. The zero-order valence-electron chi connectivity index (χ0n) is 10.4. The summed E-state index contributed by atoms with van der Waals surface area (Å²) in [6, 6.07) is 19.6. The first-order chi connectivity index (χ1) is 9.36. The first-order valence-electron chi connectivity index (χ1n) is 6.18. The predicted molar refractivity (Wildman–Crippen MR) is 76.2 cm³/mol. The lowest BCUT2D eigenvalue weighted by atomic mass is 10.1. The molecule has 1 heterocycles. The van der Waals surface area contributed by atoms with Crippen LogP contribution in [0.25, 0.3) is 10.9 Å². The Balaban J connectivity index is 2.06. The lowest BCUT2D eigenvalue weighted by Crippen LogP contribution is -2.01. The van der Waals surface area contributed by atoms with Gasteiger partial charge in [-0.05, 0) is 24.3 Å². The molecule has 0 unspecified atom stereocenters. The van der Waals surface area contributed by atoms with Crippen molar-refractivity contribution in [1.82, 2.24) is 4.98 Å². The van der Waals surface area contributed by atoms with Crippen LogP contribution < -0.4 is 10.5 Å². The van der Waals surface area contributed by atoms with Gasteiger partial charge < -0.3 is 10.5 Å². The minimum absolute atomic E-state index is 0.403. The van der Waals surface area contributed by atoms with E-state index in [1.807, 2.05) is 60.7 Å². The van der Waals surface area contributed by atoms with Crippen molar-refractivity contribution in [2.45, 2.75) is 6.54 Å². The number of pyridine rings is 1. The molecule has 3 heteroatoms. The van der Waals surface area contributed by atoms with Crippen LogP contribution in [-0.4, -0.2) is 4.98 Å². The molecule has 0 spiro atoms. The second kappa shape index (κ2) is 5.08. The molecule has 3 aromatic rings. The van der Waals surface area contributed by atoms with E-state index in [2.05, 4.69) is 4.98 Å². The van der Waals surface area contributed by atoms with Crippen molar-refractivity contribution in [2.75, 3.05) is 0 Å². The van der Waals surface area contributed by atoms with E-state index in [9.17, 15) is 0 Å². The summed E-state index contributed by atoms with van der Waals surface area (Å²) in [5.74, 6) is 1.34. The van der Waals surface area contributed by atoms with Crippen LogP contribution in [0, 0.1) is 0 Å². The summed E-state index contributed by atoms with van der Waals surface area (Å²) in [6.45, 7) is 0.403. The number of hydrogen-bond donors (Lipinski definition) is 1. The van der Waals surface area contributed by atoms with Gasteiger partial charge in [-0.1, -0.05) is 36.4 Å². The van der Waals surface area contributed by atoms with Crippen LogP contribution >= 0.6 is 0 Å². The second-order valence-corrected chi connectivity index (χ2v) is 4.26. The van der Waals surface area contributed by atoms with Crippen molar-refractivity contribution in [2.24, 2.45) is 5.73 Å². The largest absolute Gasteiger partial charge is 0.439 e. The summed E-state index contributed by atoms with van der Waals surface area (Å²) < 4.78 is 5.82. The molecule has 0 saturated carbocycles. The fourth-order valence-electron chi connectivity index (χ4n) is 1.98. The summed E-state index contributed by atoms with van der Waals surface area (Å²) in [6.07, 6.45) is 0. The topological polar surface area (TPSA) is 48.1 Å². The molecule has 0 fully saturated rings. The Kier molecular flexibility index (Phi) is 3.12. The predicted octanol–water partition coefficient (Wildman–Crippen LogP) is 3.49. The van der Waals surface area contributed by atoms with Crippen molar-refractivity contribution >= 4 is 10.9 Å². The smallest absolute Gasteiger partial charge is 0.224 e. The minimum Gasteiger partial charge on any atom is -0.439 e. The van der Waals surface area contributed by atoms with Crippen LogP contribution in [0.15, 0.2) is 60.7 Å². The molecule has 0 aliphatic heterocycles. The van der Waals surface area contributed by atoms with Gasteiger partial charge in [0.1, 0.15) is 5.75 Å². The highest BCUT2D eigenvalue weighted by Gasteiger charge is 2.07. The number of ether oxygens (including phenoxy) is 1. The SMILES string of the molecule is NCc1cc2ccccc2nc1Oc1ccccc1. The van der Waals surface area contributed by atoms with E-state index in [0.717, 1.165) is 22.2 Å². The normalized spacial score (nSPS) is 10.6. The number of aromatic nitrogens is 1. The lowest BCUT2D eigenvalue weighted by Gasteiger charge is -2.10. The van der Waals surface area contributed by atoms with Gasteiger partial charge in [0.2, 0.25) is 5.88 Å². The van der Waals surface area contributed by atoms with E-state index < -0.39 is 0 Å². The maximum Gasteiger partial charge on any atom is 0.224 e. The monoisotopic (exact) mass is 250 g/mol. The van der Waals surface area contributed by atoms with E-state index in [0.29, 0.717) is 12.4 Å². The van der Waals surface area contributed by atoms with Crippen molar-refractivity contribution in [3.63, 3.8) is 0 Å². The first-order valence-corrected chi connectivity index (χ1v) is 6.18. The summed E-state index contributed by atoms with van der Waals surface area (Å²) >= 11 is 0. The Morgan fingerprint density at radius 1 is 0.947 bits per heavy atom. The maximum atomic E-state index is 5.82. The number of hydrogen-bond acceptors (Lipinski definition) is 3. The highest BCUT2D eigenvalue weighted by atomic mass is 16.5. The van der Waals surface area contributed by atoms with Gasteiger partial charge in [-0.15, -0.1) is 0 Å². The van der Waals surface area contributed by atoms with Gasteiger partial charge in [0.15, 0.2) is 0 Å². The average molecular weight is 250 g/mol. The van der Waals surface area contributed by atoms with E-state index >= 15 is 0 Å². The first kappa shape index (κ1) is 11.7. The molecular weight excluding hydrogens is 236 g/mol. The minimum atomic E-state index is 0.403. The number of rotatable bonds is 3. The standard InChI is InChI=1S/C16H14N2O/c17-11-13-10-12-6-4-5-9-15(12)18-16(13)19-14-7-2-1-3-8-14/h1-10H,11,17H2. The van der Waals surface area contributed by atoms with Gasteiger partial charge in [-0.25, -0.2) is 4.98 Å². The fourth-order valence-corrected chi connectivity index (χ4v) is 1.98. The summed E-state index contributed by atoms with van der Waals surface area (Å²) in [5, 5.41) is 1.07. The zero-order chi connectivity index (χ0) is 13.1. The van der Waals surface area contributed by atoms with Crippen molar-refractivity contribution in [3.8, 4) is 11.6 Å². The van der Waals surface area contributed by atoms with Gasteiger partial charge in [0, 0.05) is 17.5 Å². The van der Waals surface area contributed by atoms with Crippen LogP contribution in [0.5, 0.6) is 11.6 Å². The molecule has 2 N–H and O–H groups in total. The molecule has 0 aliphatic carbocycles. The quantitative estimate of drug-likeness (QED) is 0.774. The number of nitrogens with two attached hydrogens (primary N) is 1. The highest BCUT2D eigenvalue weighted by Crippen LogP contribution is 2.26. The number of para-hydroxylation sites is 2. The van der Waals surface area contributed by atoms with Crippen LogP contribution in [0.4, 0.5) is 0 Å². The van der Waals surface area contributed by atoms with Gasteiger partial charge in [0.25, 0.3) is 0 Å². The third kappa shape index (κ3) is 2.41. The molecule has 3 rings (SSSR count). The van der Waals surface area contributed by atoms with Crippen LogP contribution in [0.1, 0.15) is 5.56 Å². The molecule has 1 aromatic heterocycles. The molecular formula is C16H14N2O. The van der Waals surface area contributed by atoms with Gasteiger partial charge in [0.05, 0.1) is 5.52 Å². The zero-order valence-corrected chi connectivity index (χ0v) is 10.4. The van der Waals surface area contributed by atoms with Crippen molar-refractivity contribution in [1.29, 1.82) is 0 Å². The molecule has 0 radical (unpaired) electrons. The molecule has 3 nitrogen and oxygen atoms in total. The number of fused-ring (bicyclic) bond motifs is 1. The molecule has 0 aliphatic rings. The molecule has 0 amide bonds. The molecule has 94 valence electrons. The Hall–Kier alpha value is -2.39. The van der Waals surface area contributed by atoms with E-state index in [1.54, 1.807) is 0 Å². The molecule has 0 saturated heterocycles. The third-order valence-corrected chi connectivity index (χ3v) is 2.94. The maximum absolute atomic E-state index is 5.82. The number of nitrogens with zero attached hydrogens (tertiary/aromatic N) is 1. The van der Waals surface area contributed by atoms with E-state index in [1.165, 1.54) is 0 Å². The Morgan fingerprint density at radius 3 is 2.47 bits per heavy atom. The Labute approximate surface area is 111 Å². The Bertz CT molecular complexity index is 695. The van der Waals surface area contributed by atoms with Crippen LogP contribution in [0.3, 0.4) is 0 Å². The molecule has 0 atom stereocenters. The molecule has 2 aromatic carbocycles. The van der Waals surface area contributed by atoms with Crippen molar-refractivity contribution in [3.05, 3.63) is 66.2 Å². The van der Waals surface area contributed by atoms with Gasteiger partial charge in [-0.3, -0.25) is 0 Å². The van der Waals surface area contributed by atoms with E-state index in [-0.39, 0.29) is 0 Å². The van der Waals surface area contributed by atoms with Gasteiger partial charge >= 0.3 is 0 Å².